The third-order valence-electron chi connectivity index (χ3n) is 2.80. The summed E-state index contributed by atoms with van der Waals surface area (Å²) in [6, 6.07) is 8.09. The Morgan fingerprint density at radius 1 is 1.20 bits per heavy atom. The van der Waals surface area contributed by atoms with Crippen LogP contribution < -0.4 is 4.90 Å². The molecule has 1 aromatic carbocycles. The van der Waals surface area contributed by atoms with Gasteiger partial charge in [-0.1, -0.05) is 12.1 Å². The number of rotatable bonds is 4. The van der Waals surface area contributed by atoms with E-state index in [0.717, 1.165) is 0 Å². The van der Waals surface area contributed by atoms with E-state index < -0.39 is 17.6 Å². The van der Waals surface area contributed by atoms with Gasteiger partial charge in [0.25, 0.3) is 0 Å². The number of halogens is 2. The first-order chi connectivity index (χ1) is 9.49. The largest absolute Gasteiger partial charge is 0.477 e. The molecule has 0 saturated carbocycles. The smallest absolute Gasteiger partial charge is 0.354 e. The number of carboxylic acid groups (broad SMARTS) is 1. The number of aromatic carboxylic acids is 1. The predicted molar refractivity (Wildman–Crippen MR) is 69.7 cm³/mol. The minimum absolute atomic E-state index is 0.0470. The SMILES string of the molecule is CN(Cc1c(F)cccc1F)c1cccc(C(=O)O)n1. The Balaban J connectivity index is 2.26. The molecule has 6 heteroatoms. The maximum Gasteiger partial charge on any atom is 0.354 e. The molecule has 0 aliphatic heterocycles. The molecule has 0 unspecified atom stereocenters. The molecule has 2 aromatic rings. The minimum atomic E-state index is -1.16. The Kier molecular flexibility index (Phi) is 3.93. The van der Waals surface area contributed by atoms with E-state index in [0.29, 0.717) is 5.82 Å². The molecule has 0 radical (unpaired) electrons. The fraction of sp³-hybridized carbons (Fsp3) is 0.143. The van der Waals surface area contributed by atoms with Gasteiger partial charge in [-0.3, -0.25) is 0 Å². The van der Waals surface area contributed by atoms with E-state index in [1.165, 1.54) is 35.2 Å². The second-order valence-electron chi connectivity index (χ2n) is 4.24. The van der Waals surface area contributed by atoms with Gasteiger partial charge in [0.1, 0.15) is 17.5 Å². The molecule has 0 aliphatic carbocycles. The van der Waals surface area contributed by atoms with Crippen LogP contribution >= 0.6 is 0 Å². The minimum Gasteiger partial charge on any atom is -0.477 e. The van der Waals surface area contributed by atoms with E-state index in [4.69, 9.17) is 5.11 Å². The summed E-state index contributed by atoms with van der Waals surface area (Å²) in [7, 11) is 1.58. The van der Waals surface area contributed by atoms with Gasteiger partial charge >= 0.3 is 5.97 Å². The van der Waals surface area contributed by atoms with Crippen LogP contribution in [-0.4, -0.2) is 23.1 Å². The summed E-state index contributed by atoms with van der Waals surface area (Å²) in [6.45, 7) is -0.0470. The molecule has 0 fully saturated rings. The molecular formula is C14H12F2N2O2. The maximum absolute atomic E-state index is 13.6. The van der Waals surface area contributed by atoms with Crippen molar-refractivity contribution in [1.82, 2.24) is 4.98 Å². The summed E-state index contributed by atoms with van der Waals surface area (Å²) in [5.41, 5.74) is -0.208. The lowest BCUT2D eigenvalue weighted by Gasteiger charge is -2.19. The van der Waals surface area contributed by atoms with Gasteiger partial charge in [0.15, 0.2) is 5.69 Å². The first-order valence-electron chi connectivity index (χ1n) is 5.83. The summed E-state index contributed by atoms with van der Waals surface area (Å²) >= 11 is 0. The van der Waals surface area contributed by atoms with Gasteiger partial charge in [0.05, 0.1) is 0 Å². The number of nitrogens with zero attached hydrogens (tertiary/aromatic N) is 2. The lowest BCUT2D eigenvalue weighted by molar-refractivity contribution is 0.0690. The second kappa shape index (κ2) is 5.64. The number of carboxylic acids is 1. The van der Waals surface area contributed by atoms with Crippen molar-refractivity contribution in [3.8, 4) is 0 Å². The second-order valence-corrected chi connectivity index (χ2v) is 4.24. The van der Waals surface area contributed by atoms with Gasteiger partial charge in [-0.05, 0) is 24.3 Å². The van der Waals surface area contributed by atoms with Crippen molar-refractivity contribution in [2.24, 2.45) is 0 Å². The average molecular weight is 278 g/mol. The summed E-state index contributed by atoms with van der Waals surface area (Å²) in [6.07, 6.45) is 0. The van der Waals surface area contributed by atoms with Crippen molar-refractivity contribution in [2.75, 3.05) is 11.9 Å². The molecule has 0 bridgehead atoms. The zero-order chi connectivity index (χ0) is 14.7. The molecule has 2 rings (SSSR count). The molecule has 20 heavy (non-hydrogen) atoms. The molecule has 0 amide bonds. The third kappa shape index (κ3) is 2.90. The van der Waals surface area contributed by atoms with E-state index >= 15 is 0 Å². The Morgan fingerprint density at radius 3 is 2.40 bits per heavy atom. The summed E-state index contributed by atoms with van der Waals surface area (Å²) in [4.78, 5) is 16.2. The van der Waals surface area contributed by atoms with Gasteiger partial charge in [0.2, 0.25) is 0 Å². The quantitative estimate of drug-likeness (QED) is 0.934. The maximum atomic E-state index is 13.6. The molecule has 0 atom stereocenters. The Bertz CT molecular complexity index is 627. The van der Waals surface area contributed by atoms with Crippen molar-refractivity contribution in [3.05, 3.63) is 59.3 Å². The van der Waals surface area contributed by atoms with Gasteiger partial charge in [0, 0.05) is 19.2 Å². The summed E-state index contributed by atoms with van der Waals surface area (Å²) in [5.74, 6) is -2.12. The molecule has 1 aromatic heterocycles. The van der Waals surface area contributed by atoms with Crippen LogP contribution in [0.2, 0.25) is 0 Å². The van der Waals surface area contributed by atoms with Crippen LogP contribution in [-0.2, 0) is 6.54 Å². The van der Waals surface area contributed by atoms with E-state index in [1.807, 2.05) is 0 Å². The van der Waals surface area contributed by atoms with Crippen molar-refractivity contribution >= 4 is 11.8 Å². The van der Waals surface area contributed by atoms with Gasteiger partial charge in [-0.15, -0.1) is 0 Å². The topological polar surface area (TPSA) is 53.4 Å². The highest BCUT2D eigenvalue weighted by atomic mass is 19.1. The number of pyridine rings is 1. The lowest BCUT2D eigenvalue weighted by atomic mass is 10.2. The van der Waals surface area contributed by atoms with Crippen molar-refractivity contribution in [3.63, 3.8) is 0 Å². The van der Waals surface area contributed by atoms with Gasteiger partial charge < -0.3 is 10.0 Å². The standard InChI is InChI=1S/C14H12F2N2O2/c1-18(8-9-10(15)4-2-5-11(9)16)13-7-3-6-12(17-13)14(19)20/h2-7H,8H2,1H3,(H,19,20). The molecule has 0 aliphatic rings. The average Bonchev–Trinajstić information content (AvgIpc) is 2.43. The van der Waals surface area contributed by atoms with Gasteiger partial charge in [-0.25, -0.2) is 18.6 Å². The van der Waals surface area contributed by atoms with E-state index in [2.05, 4.69) is 4.98 Å². The highest BCUT2D eigenvalue weighted by Gasteiger charge is 2.13. The summed E-state index contributed by atoms with van der Waals surface area (Å²) in [5, 5.41) is 8.87. The molecule has 1 N–H and O–H groups in total. The number of benzene rings is 1. The Labute approximate surface area is 114 Å². The molecule has 0 spiro atoms. The fourth-order valence-corrected chi connectivity index (χ4v) is 1.76. The zero-order valence-corrected chi connectivity index (χ0v) is 10.7. The van der Waals surface area contributed by atoms with Gasteiger partial charge in [-0.2, -0.15) is 0 Å². The highest BCUT2D eigenvalue weighted by molar-refractivity contribution is 5.85. The molecular weight excluding hydrogens is 266 g/mol. The number of hydrogen-bond acceptors (Lipinski definition) is 3. The number of anilines is 1. The predicted octanol–water partition coefficient (Wildman–Crippen LogP) is 2.69. The monoisotopic (exact) mass is 278 g/mol. The first-order valence-corrected chi connectivity index (χ1v) is 5.83. The van der Waals surface area contributed by atoms with Crippen LogP contribution in [0, 0.1) is 11.6 Å². The third-order valence-corrected chi connectivity index (χ3v) is 2.80. The van der Waals surface area contributed by atoms with E-state index in [1.54, 1.807) is 13.1 Å². The number of aromatic nitrogens is 1. The number of carbonyl (C=O) groups is 1. The van der Waals surface area contributed by atoms with Crippen LogP contribution in [0.5, 0.6) is 0 Å². The van der Waals surface area contributed by atoms with Crippen LogP contribution in [0.3, 0.4) is 0 Å². The highest BCUT2D eigenvalue weighted by Crippen LogP contribution is 2.18. The molecule has 4 nitrogen and oxygen atoms in total. The van der Waals surface area contributed by atoms with Crippen molar-refractivity contribution in [2.45, 2.75) is 6.54 Å². The van der Waals surface area contributed by atoms with Crippen LogP contribution in [0.15, 0.2) is 36.4 Å². The first kappa shape index (κ1) is 13.9. The van der Waals surface area contributed by atoms with E-state index in [9.17, 15) is 13.6 Å². The normalized spacial score (nSPS) is 10.3. The zero-order valence-electron chi connectivity index (χ0n) is 10.7. The van der Waals surface area contributed by atoms with Crippen LogP contribution in [0.4, 0.5) is 14.6 Å². The molecule has 0 saturated heterocycles. The van der Waals surface area contributed by atoms with E-state index in [-0.39, 0.29) is 17.8 Å². The van der Waals surface area contributed by atoms with Crippen LogP contribution in [0.1, 0.15) is 16.1 Å². The van der Waals surface area contributed by atoms with Crippen molar-refractivity contribution < 1.29 is 18.7 Å². The van der Waals surface area contributed by atoms with Crippen LogP contribution in [0.25, 0.3) is 0 Å². The molecule has 104 valence electrons. The lowest BCUT2D eigenvalue weighted by Crippen LogP contribution is -2.20. The van der Waals surface area contributed by atoms with Crippen molar-refractivity contribution in [1.29, 1.82) is 0 Å². The fourth-order valence-electron chi connectivity index (χ4n) is 1.76. The summed E-state index contributed by atoms with van der Waals surface area (Å²) < 4.78 is 27.1. The Morgan fingerprint density at radius 2 is 1.80 bits per heavy atom. The number of hydrogen-bond donors (Lipinski definition) is 1. The Hall–Kier alpha value is -2.50. The molecule has 1 heterocycles.